The maximum atomic E-state index is 12.7. The Kier molecular flexibility index (Phi) is 4.10. The van der Waals surface area contributed by atoms with Gasteiger partial charge in [0.1, 0.15) is 11.8 Å². The number of carbonyl (C=O) groups is 1. The van der Waals surface area contributed by atoms with Crippen molar-refractivity contribution in [3.63, 3.8) is 0 Å². The lowest BCUT2D eigenvalue weighted by molar-refractivity contribution is 0.0513. The number of pyridine rings is 1. The van der Waals surface area contributed by atoms with Gasteiger partial charge in [0.05, 0.1) is 23.4 Å². The summed E-state index contributed by atoms with van der Waals surface area (Å²) in [5.41, 5.74) is -0.766. The first-order valence-electron chi connectivity index (χ1n) is 4.88. The molecule has 0 amide bonds. The van der Waals surface area contributed by atoms with Gasteiger partial charge in [-0.2, -0.15) is 5.26 Å². The molecule has 0 bridgehead atoms. The van der Waals surface area contributed by atoms with Crippen LogP contribution in [0.15, 0.2) is 6.07 Å². The minimum absolute atomic E-state index is 0.0667. The molecule has 17 heavy (non-hydrogen) atoms. The lowest BCUT2D eigenvalue weighted by Gasteiger charge is -2.09. The Labute approximate surface area is 96.8 Å². The molecule has 0 saturated heterocycles. The maximum absolute atomic E-state index is 12.7. The summed E-state index contributed by atoms with van der Waals surface area (Å²) in [7, 11) is 0. The number of esters is 1. The Balaban J connectivity index is 3.35. The average molecular weight is 240 g/mol. The van der Waals surface area contributed by atoms with E-state index in [1.165, 1.54) is 6.92 Å². The molecule has 0 radical (unpaired) electrons. The van der Waals surface area contributed by atoms with E-state index in [2.05, 4.69) is 9.72 Å². The fraction of sp³-hybridized carbons (Fsp3) is 0.364. The summed E-state index contributed by atoms with van der Waals surface area (Å²) in [6.45, 7) is 3.06. The van der Waals surface area contributed by atoms with Crippen LogP contribution >= 0.6 is 0 Å². The second-order valence-electron chi connectivity index (χ2n) is 3.19. The first-order valence-corrected chi connectivity index (χ1v) is 4.88. The van der Waals surface area contributed by atoms with Gasteiger partial charge in [-0.1, -0.05) is 0 Å². The Morgan fingerprint density at radius 3 is 2.76 bits per heavy atom. The van der Waals surface area contributed by atoms with Gasteiger partial charge in [0.15, 0.2) is 0 Å². The fourth-order valence-electron chi connectivity index (χ4n) is 1.28. The summed E-state index contributed by atoms with van der Waals surface area (Å²) in [6.07, 6.45) is -2.89. The Hall–Kier alpha value is -2.03. The number of nitrogens with zero attached hydrogens (tertiary/aromatic N) is 2. The van der Waals surface area contributed by atoms with Crippen LogP contribution in [0.3, 0.4) is 0 Å². The summed E-state index contributed by atoms with van der Waals surface area (Å²) in [6, 6.07) is 2.87. The number of carbonyl (C=O) groups excluding carboxylic acids is 1. The monoisotopic (exact) mass is 240 g/mol. The normalized spacial score (nSPS) is 10.1. The van der Waals surface area contributed by atoms with E-state index in [1.54, 1.807) is 13.0 Å². The highest BCUT2D eigenvalue weighted by Gasteiger charge is 2.23. The number of aromatic nitrogens is 1. The van der Waals surface area contributed by atoms with Gasteiger partial charge in [-0.25, -0.2) is 18.6 Å². The zero-order valence-corrected chi connectivity index (χ0v) is 9.33. The molecule has 1 heterocycles. The third-order valence-electron chi connectivity index (χ3n) is 2.07. The van der Waals surface area contributed by atoms with Crippen LogP contribution in [0.1, 0.15) is 40.7 Å². The molecule has 0 N–H and O–H groups in total. The molecule has 1 aromatic heterocycles. The maximum Gasteiger partial charge on any atom is 0.340 e. The number of aryl methyl sites for hydroxylation is 1. The SMILES string of the molecule is CCOC(=O)c1cc(C#N)c(C)nc1C(F)F. The molecule has 0 fully saturated rings. The lowest BCUT2D eigenvalue weighted by atomic mass is 10.1. The summed E-state index contributed by atoms with van der Waals surface area (Å²) in [5, 5.41) is 8.75. The van der Waals surface area contributed by atoms with Crippen molar-refractivity contribution in [3.05, 3.63) is 28.6 Å². The number of halogens is 2. The molecule has 0 aromatic carbocycles. The van der Waals surface area contributed by atoms with E-state index in [4.69, 9.17) is 5.26 Å². The van der Waals surface area contributed by atoms with E-state index in [-0.39, 0.29) is 23.4 Å². The van der Waals surface area contributed by atoms with E-state index in [0.717, 1.165) is 6.07 Å². The van der Waals surface area contributed by atoms with Crippen LogP contribution < -0.4 is 0 Å². The molecule has 1 aromatic rings. The zero-order chi connectivity index (χ0) is 13.0. The minimum Gasteiger partial charge on any atom is -0.462 e. The second-order valence-corrected chi connectivity index (χ2v) is 3.19. The van der Waals surface area contributed by atoms with Crippen molar-refractivity contribution in [2.75, 3.05) is 6.61 Å². The van der Waals surface area contributed by atoms with Crippen molar-refractivity contribution in [2.24, 2.45) is 0 Å². The first kappa shape index (κ1) is 13.0. The molecule has 6 heteroatoms. The van der Waals surface area contributed by atoms with Gasteiger partial charge in [0.2, 0.25) is 0 Å². The molecule has 0 atom stereocenters. The smallest absolute Gasteiger partial charge is 0.340 e. The Morgan fingerprint density at radius 2 is 2.29 bits per heavy atom. The van der Waals surface area contributed by atoms with E-state index in [9.17, 15) is 13.6 Å². The predicted octanol–water partition coefficient (Wildman–Crippen LogP) is 2.38. The number of hydrogen-bond donors (Lipinski definition) is 0. The molecule has 0 aliphatic heterocycles. The Morgan fingerprint density at radius 1 is 1.65 bits per heavy atom. The predicted molar refractivity (Wildman–Crippen MR) is 54.6 cm³/mol. The van der Waals surface area contributed by atoms with Crippen molar-refractivity contribution < 1.29 is 18.3 Å². The molecule has 1 rings (SSSR count). The number of rotatable bonds is 3. The molecular weight excluding hydrogens is 230 g/mol. The Bertz CT molecular complexity index is 481. The minimum atomic E-state index is -2.89. The van der Waals surface area contributed by atoms with Crippen molar-refractivity contribution in [1.29, 1.82) is 5.26 Å². The van der Waals surface area contributed by atoms with Gasteiger partial charge in [-0.15, -0.1) is 0 Å². The number of nitriles is 1. The third-order valence-corrected chi connectivity index (χ3v) is 2.07. The molecule has 0 aliphatic rings. The summed E-state index contributed by atoms with van der Waals surface area (Å²) >= 11 is 0. The van der Waals surface area contributed by atoms with E-state index < -0.39 is 18.1 Å². The average Bonchev–Trinajstić information content (AvgIpc) is 2.28. The number of alkyl halides is 2. The van der Waals surface area contributed by atoms with Crippen molar-refractivity contribution in [2.45, 2.75) is 20.3 Å². The van der Waals surface area contributed by atoms with Crippen LogP contribution in [0.25, 0.3) is 0 Å². The van der Waals surface area contributed by atoms with Crippen LogP contribution in [0.5, 0.6) is 0 Å². The number of ether oxygens (including phenoxy) is 1. The molecule has 0 aliphatic carbocycles. The summed E-state index contributed by atoms with van der Waals surface area (Å²) in [4.78, 5) is 15.0. The quantitative estimate of drug-likeness (QED) is 0.761. The molecule has 90 valence electrons. The summed E-state index contributed by atoms with van der Waals surface area (Å²) in [5.74, 6) is -0.896. The van der Waals surface area contributed by atoms with Crippen molar-refractivity contribution in [3.8, 4) is 6.07 Å². The van der Waals surface area contributed by atoms with Gasteiger partial charge >= 0.3 is 5.97 Å². The highest BCUT2D eigenvalue weighted by atomic mass is 19.3. The lowest BCUT2D eigenvalue weighted by Crippen LogP contribution is -2.12. The van der Waals surface area contributed by atoms with Gasteiger partial charge in [-0.05, 0) is 19.9 Å². The van der Waals surface area contributed by atoms with E-state index >= 15 is 0 Å². The fourth-order valence-corrected chi connectivity index (χ4v) is 1.28. The van der Waals surface area contributed by atoms with Gasteiger partial charge in [0.25, 0.3) is 6.43 Å². The first-order chi connectivity index (χ1) is 8.01. The summed E-state index contributed by atoms with van der Waals surface area (Å²) < 4.78 is 30.0. The van der Waals surface area contributed by atoms with Crippen LogP contribution in [-0.4, -0.2) is 17.6 Å². The molecule has 0 spiro atoms. The van der Waals surface area contributed by atoms with Crippen LogP contribution in [-0.2, 0) is 4.74 Å². The molecular formula is C11H10F2N2O2. The van der Waals surface area contributed by atoms with Crippen LogP contribution in [0.2, 0.25) is 0 Å². The molecule has 4 nitrogen and oxygen atoms in total. The van der Waals surface area contributed by atoms with Crippen molar-refractivity contribution >= 4 is 5.97 Å². The highest BCUT2D eigenvalue weighted by molar-refractivity contribution is 5.91. The van der Waals surface area contributed by atoms with E-state index in [0.29, 0.717) is 0 Å². The van der Waals surface area contributed by atoms with Gasteiger partial charge in [-0.3, -0.25) is 0 Å². The topological polar surface area (TPSA) is 63.0 Å². The standard InChI is InChI=1S/C11H10F2N2O2/c1-3-17-11(16)8-4-7(5-14)6(2)15-9(8)10(12)13/h4,10H,3H2,1-2H3. The molecule has 0 unspecified atom stereocenters. The second kappa shape index (κ2) is 5.34. The van der Waals surface area contributed by atoms with Crippen molar-refractivity contribution in [1.82, 2.24) is 4.98 Å². The van der Waals surface area contributed by atoms with Crippen LogP contribution in [0.4, 0.5) is 8.78 Å². The van der Waals surface area contributed by atoms with Gasteiger partial charge < -0.3 is 4.74 Å². The third kappa shape index (κ3) is 2.75. The highest BCUT2D eigenvalue weighted by Crippen LogP contribution is 2.23. The number of hydrogen-bond acceptors (Lipinski definition) is 4. The molecule has 0 saturated carbocycles. The largest absolute Gasteiger partial charge is 0.462 e. The zero-order valence-electron chi connectivity index (χ0n) is 9.33. The van der Waals surface area contributed by atoms with E-state index in [1.807, 2.05) is 0 Å². The van der Waals surface area contributed by atoms with Gasteiger partial charge in [0, 0.05) is 0 Å². The van der Waals surface area contributed by atoms with Crippen LogP contribution in [0, 0.1) is 18.3 Å².